The molecule has 1 rings (SSSR count). The van der Waals surface area contributed by atoms with Crippen LogP contribution >= 0.6 is 0 Å². The summed E-state index contributed by atoms with van der Waals surface area (Å²) in [5.74, 6) is 0.784. The van der Waals surface area contributed by atoms with E-state index in [4.69, 9.17) is 4.74 Å². The molecule has 0 saturated carbocycles. The third-order valence-electron chi connectivity index (χ3n) is 3.40. The van der Waals surface area contributed by atoms with Gasteiger partial charge in [0.1, 0.15) is 0 Å². The first-order valence-electron chi connectivity index (χ1n) is 6.58. The predicted molar refractivity (Wildman–Crippen MR) is 73.7 cm³/mol. The highest BCUT2D eigenvalue weighted by atomic mass is 19.1. The summed E-state index contributed by atoms with van der Waals surface area (Å²) >= 11 is 0. The summed E-state index contributed by atoms with van der Waals surface area (Å²) in [5.41, 5.74) is 1.01. The molecule has 0 aliphatic carbocycles. The first-order valence-corrected chi connectivity index (χ1v) is 6.58. The van der Waals surface area contributed by atoms with Crippen molar-refractivity contribution in [1.29, 1.82) is 0 Å². The van der Waals surface area contributed by atoms with Gasteiger partial charge in [-0.15, -0.1) is 0 Å². The van der Waals surface area contributed by atoms with Gasteiger partial charge in [0.25, 0.3) is 0 Å². The van der Waals surface area contributed by atoms with Crippen LogP contribution in [0.15, 0.2) is 18.2 Å². The van der Waals surface area contributed by atoms with Crippen LogP contribution in [-0.2, 0) is 0 Å². The fraction of sp³-hybridized carbons (Fsp3) is 0.600. The van der Waals surface area contributed by atoms with Crippen LogP contribution in [0.3, 0.4) is 0 Å². The third-order valence-corrected chi connectivity index (χ3v) is 3.40. The molecular weight excluding hydrogens is 229 g/mol. The Morgan fingerprint density at radius 2 is 1.94 bits per heavy atom. The Kier molecular flexibility index (Phi) is 5.60. The number of halogens is 1. The first-order chi connectivity index (χ1) is 8.51. The van der Waals surface area contributed by atoms with Crippen LogP contribution in [-0.4, -0.2) is 19.7 Å². The predicted octanol–water partition coefficient (Wildman–Crippen LogP) is 3.57. The molecule has 102 valence electrons. The SMILES string of the molecule is CCNC(C(C)C)C(C)c1ccc(OC)c(F)c1. The number of ether oxygens (including phenoxy) is 1. The zero-order valence-corrected chi connectivity index (χ0v) is 12.0. The zero-order chi connectivity index (χ0) is 13.7. The van der Waals surface area contributed by atoms with Gasteiger partial charge in [0.05, 0.1) is 7.11 Å². The second kappa shape index (κ2) is 6.74. The summed E-state index contributed by atoms with van der Waals surface area (Å²) in [4.78, 5) is 0. The Balaban J connectivity index is 2.94. The van der Waals surface area contributed by atoms with Crippen molar-refractivity contribution in [2.24, 2.45) is 5.92 Å². The fourth-order valence-corrected chi connectivity index (χ4v) is 2.40. The molecule has 2 atom stereocenters. The smallest absolute Gasteiger partial charge is 0.165 e. The van der Waals surface area contributed by atoms with Crippen LogP contribution in [0.25, 0.3) is 0 Å². The monoisotopic (exact) mass is 253 g/mol. The average molecular weight is 253 g/mol. The number of nitrogens with one attached hydrogen (secondary N) is 1. The topological polar surface area (TPSA) is 21.3 Å². The molecule has 1 N–H and O–H groups in total. The first kappa shape index (κ1) is 15.0. The highest BCUT2D eigenvalue weighted by Crippen LogP contribution is 2.27. The van der Waals surface area contributed by atoms with Crippen LogP contribution in [0.5, 0.6) is 5.75 Å². The van der Waals surface area contributed by atoms with Gasteiger partial charge in [-0.25, -0.2) is 4.39 Å². The molecule has 2 unspecified atom stereocenters. The minimum atomic E-state index is -0.291. The summed E-state index contributed by atoms with van der Waals surface area (Å²) in [5, 5.41) is 3.47. The number of hydrogen-bond donors (Lipinski definition) is 1. The van der Waals surface area contributed by atoms with Gasteiger partial charge < -0.3 is 10.1 Å². The molecule has 0 heterocycles. The highest BCUT2D eigenvalue weighted by Gasteiger charge is 2.22. The minimum absolute atomic E-state index is 0.269. The Morgan fingerprint density at radius 3 is 2.39 bits per heavy atom. The fourth-order valence-electron chi connectivity index (χ4n) is 2.40. The van der Waals surface area contributed by atoms with Gasteiger partial charge in [-0.2, -0.15) is 0 Å². The van der Waals surface area contributed by atoms with E-state index < -0.39 is 0 Å². The van der Waals surface area contributed by atoms with E-state index in [2.05, 4.69) is 33.0 Å². The third kappa shape index (κ3) is 3.45. The van der Waals surface area contributed by atoms with E-state index in [0.29, 0.717) is 17.7 Å². The molecule has 0 spiro atoms. The van der Waals surface area contributed by atoms with Crippen molar-refractivity contribution in [1.82, 2.24) is 5.32 Å². The standard InChI is InChI=1S/C15H24FNO/c1-6-17-15(10(2)3)11(4)12-7-8-14(18-5)13(16)9-12/h7-11,15,17H,6H2,1-5H3. The summed E-state index contributed by atoms with van der Waals surface area (Å²) in [6.07, 6.45) is 0. The van der Waals surface area contributed by atoms with E-state index in [9.17, 15) is 4.39 Å². The molecule has 0 amide bonds. The molecule has 2 nitrogen and oxygen atoms in total. The lowest BCUT2D eigenvalue weighted by Crippen LogP contribution is -2.38. The molecule has 18 heavy (non-hydrogen) atoms. The van der Waals surface area contributed by atoms with Gasteiger partial charge in [0.2, 0.25) is 0 Å². The lowest BCUT2D eigenvalue weighted by molar-refractivity contribution is 0.357. The number of likely N-dealkylation sites (N-methyl/N-ethyl adjacent to an activating group) is 1. The van der Waals surface area contributed by atoms with Crippen LogP contribution in [0, 0.1) is 11.7 Å². The van der Waals surface area contributed by atoms with Crippen molar-refractivity contribution >= 4 is 0 Å². The zero-order valence-electron chi connectivity index (χ0n) is 12.0. The van der Waals surface area contributed by atoms with E-state index >= 15 is 0 Å². The van der Waals surface area contributed by atoms with Crippen molar-refractivity contribution in [2.45, 2.75) is 39.7 Å². The lowest BCUT2D eigenvalue weighted by atomic mass is 9.86. The number of rotatable bonds is 6. The molecule has 0 saturated heterocycles. The average Bonchev–Trinajstić information content (AvgIpc) is 2.34. The van der Waals surface area contributed by atoms with Crippen molar-refractivity contribution in [3.8, 4) is 5.75 Å². The normalized spacial score (nSPS) is 14.6. The number of hydrogen-bond acceptors (Lipinski definition) is 2. The van der Waals surface area contributed by atoms with Gasteiger partial charge in [-0.1, -0.05) is 33.8 Å². The van der Waals surface area contributed by atoms with Gasteiger partial charge in [0.15, 0.2) is 11.6 Å². The van der Waals surface area contributed by atoms with Crippen LogP contribution in [0.2, 0.25) is 0 Å². The molecule has 3 heteroatoms. The summed E-state index contributed by atoms with van der Waals surface area (Å²) in [7, 11) is 1.48. The molecule has 1 aromatic rings. The molecular formula is C15H24FNO. The van der Waals surface area contributed by atoms with Crippen molar-refractivity contribution < 1.29 is 9.13 Å². The van der Waals surface area contributed by atoms with Gasteiger partial charge >= 0.3 is 0 Å². The van der Waals surface area contributed by atoms with Crippen LogP contribution < -0.4 is 10.1 Å². The molecule has 0 radical (unpaired) electrons. The van der Waals surface area contributed by atoms with Crippen molar-refractivity contribution in [3.05, 3.63) is 29.6 Å². The van der Waals surface area contributed by atoms with Gasteiger partial charge in [-0.3, -0.25) is 0 Å². The maximum Gasteiger partial charge on any atom is 0.165 e. The van der Waals surface area contributed by atoms with E-state index in [1.165, 1.54) is 7.11 Å². The second-order valence-corrected chi connectivity index (χ2v) is 5.01. The van der Waals surface area contributed by atoms with E-state index in [1.54, 1.807) is 12.1 Å². The van der Waals surface area contributed by atoms with Gasteiger partial charge in [-0.05, 0) is 36.1 Å². The molecule has 1 aromatic carbocycles. The largest absolute Gasteiger partial charge is 0.494 e. The Hall–Kier alpha value is -1.09. The Bertz CT molecular complexity index is 379. The maximum absolute atomic E-state index is 13.7. The lowest BCUT2D eigenvalue weighted by Gasteiger charge is -2.28. The van der Waals surface area contributed by atoms with Crippen molar-refractivity contribution in [3.63, 3.8) is 0 Å². The number of methoxy groups -OCH3 is 1. The molecule has 0 fully saturated rings. The molecule has 0 aliphatic rings. The second-order valence-electron chi connectivity index (χ2n) is 5.01. The van der Waals surface area contributed by atoms with Gasteiger partial charge in [0, 0.05) is 6.04 Å². The van der Waals surface area contributed by atoms with Crippen molar-refractivity contribution in [2.75, 3.05) is 13.7 Å². The number of benzene rings is 1. The maximum atomic E-state index is 13.7. The van der Waals surface area contributed by atoms with E-state index in [1.807, 2.05) is 6.07 Å². The molecule has 0 aromatic heterocycles. The molecule has 0 bridgehead atoms. The summed E-state index contributed by atoms with van der Waals surface area (Å²) in [6, 6.07) is 5.57. The highest BCUT2D eigenvalue weighted by molar-refractivity contribution is 5.31. The molecule has 0 aliphatic heterocycles. The quantitative estimate of drug-likeness (QED) is 0.836. The minimum Gasteiger partial charge on any atom is -0.494 e. The van der Waals surface area contributed by atoms with Crippen LogP contribution in [0.1, 0.15) is 39.2 Å². The van der Waals surface area contributed by atoms with E-state index in [0.717, 1.165) is 12.1 Å². The summed E-state index contributed by atoms with van der Waals surface area (Å²) < 4.78 is 18.7. The Labute approximate surface area is 110 Å². The van der Waals surface area contributed by atoms with Crippen LogP contribution in [0.4, 0.5) is 4.39 Å². The van der Waals surface area contributed by atoms with E-state index in [-0.39, 0.29) is 11.7 Å². The summed E-state index contributed by atoms with van der Waals surface area (Å²) in [6.45, 7) is 9.52. The Morgan fingerprint density at radius 1 is 1.28 bits per heavy atom.